The van der Waals surface area contributed by atoms with E-state index < -0.39 is 18.0 Å². The first-order valence-electron chi connectivity index (χ1n) is 6.88. The van der Waals surface area contributed by atoms with Crippen LogP contribution in [0.2, 0.25) is 0 Å². The highest BCUT2D eigenvalue weighted by Gasteiger charge is 2.40. The quantitative estimate of drug-likeness (QED) is 0.796. The maximum Gasteiger partial charge on any atom is 0.510 e. The Morgan fingerprint density at radius 1 is 1.32 bits per heavy atom. The van der Waals surface area contributed by atoms with Gasteiger partial charge in [-0.1, -0.05) is 12.1 Å². The minimum absolute atomic E-state index is 0.198. The molecular formula is C16H18O6. The molecule has 1 heterocycles. The Hall–Kier alpha value is -2.34. The van der Waals surface area contributed by atoms with E-state index in [9.17, 15) is 9.59 Å². The van der Waals surface area contributed by atoms with Gasteiger partial charge in [0.05, 0.1) is 13.7 Å². The molecule has 0 spiro atoms. The summed E-state index contributed by atoms with van der Waals surface area (Å²) in [5.41, 5.74) is -0.599. The standard InChI is InChI=1S/C16H18O6/c1-4-20-15(18)21-14-10-9-13(17)16(2,22-14)11-5-7-12(19-3)8-6-11/h5-10,14H,4H2,1-3H3. The van der Waals surface area contributed by atoms with E-state index in [-0.39, 0.29) is 12.4 Å². The fourth-order valence-corrected chi connectivity index (χ4v) is 2.08. The lowest BCUT2D eigenvalue weighted by atomic mass is 9.89. The van der Waals surface area contributed by atoms with Crippen molar-refractivity contribution in [3.05, 3.63) is 42.0 Å². The maximum absolute atomic E-state index is 12.2. The van der Waals surface area contributed by atoms with E-state index in [1.807, 2.05) is 0 Å². The number of benzene rings is 1. The van der Waals surface area contributed by atoms with Crippen LogP contribution in [0.15, 0.2) is 36.4 Å². The van der Waals surface area contributed by atoms with Gasteiger partial charge in [0.2, 0.25) is 6.29 Å². The zero-order valence-electron chi connectivity index (χ0n) is 12.7. The molecule has 2 atom stereocenters. The molecule has 1 aliphatic rings. The van der Waals surface area contributed by atoms with Gasteiger partial charge in [-0.2, -0.15) is 0 Å². The van der Waals surface area contributed by atoms with Gasteiger partial charge in [0.15, 0.2) is 11.4 Å². The van der Waals surface area contributed by atoms with E-state index in [0.717, 1.165) is 0 Å². The molecule has 2 rings (SSSR count). The number of methoxy groups -OCH3 is 1. The van der Waals surface area contributed by atoms with E-state index in [0.29, 0.717) is 11.3 Å². The Kier molecular flexibility index (Phi) is 4.82. The van der Waals surface area contributed by atoms with Crippen molar-refractivity contribution in [1.29, 1.82) is 0 Å². The SMILES string of the molecule is CCOC(=O)OC1C=CC(=O)C(C)(c2ccc(OC)cc2)O1. The van der Waals surface area contributed by atoms with Gasteiger partial charge in [0.1, 0.15) is 5.75 Å². The molecule has 1 aromatic rings. The summed E-state index contributed by atoms with van der Waals surface area (Å²) in [6.07, 6.45) is 0.898. The van der Waals surface area contributed by atoms with E-state index in [2.05, 4.69) is 0 Å². The van der Waals surface area contributed by atoms with Crippen molar-refractivity contribution >= 4 is 11.9 Å². The molecule has 0 aliphatic carbocycles. The fourth-order valence-electron chi connectivity index (χ4n) is 2.08. The van der Waals surface area contributed by atoms with Crippen molar-refractivity contribution in [1.82, 2.24) is 0 Å². The normalized spacial score (nSPS) is 24.0. The zero-order chi connectivity index (χ0) is 16.2. The smallest absolute Gasteiger partial charge is 0.497 e. The van der Waals surface area contributed by atoms with Gasteiger partial charge in [0.25, 0.3) is 0 Å². The lowest BCUT2D eigenvalue weighted by molar-refractivity contribution is -0.182. The molecule has 2 unspecified atom stereocenters. The predicted octanol–water partition coefficient (Wildman–Crippen LogP) is 2.57. The van der Waals surface area contributed by atoms with Crippen molar-refractivity contribution in [2.75, 3.05) is 13.7 Å². The molecule has 0 N–H and O–H groups in total. The van der Waals surface area contributed by atoms with Crippen LogP contribution in [0, 0.1) is 0 Å². The van der Waals surface area contributed by atoms with Crippen LogP contribution in [0.5, 0.6) is 5.75 Å². The summed E-state index contributed by atoms with van der Waals surface area (Å²) in [7, 11) is 1.56. The van der Waals surface area contributed by atoms with E-state index in [1.165, 1.54) is 12.2 Å². The first-order valence-corrected chi connectivity index (χ1v) is 6.88. The molecule has 0 saturated heterocycles. The number of hydrogen-bond donors (Lipinski definition) is 0. The van der Waals surface area contributed by atoms with Gasteiger partial charge in [-0.25, -0.2) is 4.79 Å². The van der Waals surface area contributed by atoms with Crippen LogP contribution in [0.4, 0.5) is 4.79 Å². The summed E-state index contributed by atoms with van der Waals surface area (Å²) in [6.45, 7) is 3.50. The van der Waals surface area contributed by atoms with Crippen LogP contribution >= 0.6 is 0 Å². The summed E-state index contributed by atoms with van der Waals surface area (Å²) in [6, 6.07) is 6.93. The van der Waals surface area contributed by atoms with Crippen molar-refractivity contribution in [2.24, 2.45) is 0 Å². The first kappa shape index (κ1) is 16.0. The molecule has 1 aliphatic heterocycles. The summed E-state index contributed by atoms with van der Waals surface area (Å²) in [4.78, 5) is 23.6. The number of ketones is 1. The molecule has 0 bridgehead atoms. The van der Waals surface area contributed by atoms with Gasteiger partial charge < -0.3 is 18.9 Å². The molecule has 6 nitrogen and oxygen atoms in total. The van der Waals surface area contributed by atoms with Crippen molar-refractivity contribution in [2.45, 2.75) is 25.7 Å². The molecule has 1 aromatic carbocycles. The fraction of sp³-hybridized carbons (Fsp3) is 0.375. The number of carbonyl (C=O) groups is 2. The average Bonchev–Trinajstić information content (AvgIpc) is 2.51. The molecule has 6 heteroatoms. The second-order valence-electron chi connectivity index (χ2n) is 4.77. The van der Waals surface area contributed by atoms with E-state index in [1.54, 1.807) is 45.2 Å². The van der Waals surface area contributed by atoms with Gasteiger partial charge >= 0.3 is 6.16 Å². The zero-order valence-corrected chi connectivity index (χ0v) is 12.7. The Bertz CT molecular complexity index is 577. The third-order valence-corrected chi connectivity index (χ3v) is 3.34. The Labute approximate surface area is 128 Å². The van der Waals surface area contributed by atoms with E-state index in [4.69, 9.17) is 18.9 Å². The van der Waals surface area contributed by atoms with E-state index >= 15 is 0 Å². The molecule has 118 valence electrons. The number of rotatable bonds is 4. The summed E-state index contributed by atoms with van der Waals surface area (Å²) >= 11 is 0. The number of hydrogen-bond acceptors (Lipinski definition) is 6. The van der Waals surface area contributed by atoms with Crippen LogP contribution in [0.25, 0.3) is 0 Å². The monoisotopic (exact) mass is 306 g/mol. The Morgan fingerprint density at radius 2 is 2.00 bits per heavy atom. The molecule has 0 radical (unpaired) electrons. The van der Waals surface area contributed by atoms with Crippen molar-refractivity contribution in [3.63, 3.8) is 0 Å². The predicted molar refractivity (Wildman–Crippen MR) is 77.5 cm³/mol. The van der Waals surface area contributed by atoms with Crippen LogP contribution in [-0.2, 0) is 24.6 Å². The average molecular weight is 306 g/mol. The topological polar surface area (TPSA) is 71.1 Å². The van der Waals surface area contributed by atoms with Crippen LogP contribution in [-0.4, -0.2) is 31.9 Å². The Balaban J connectivity index is 2.19. The summed E-state index contributed by atoms with van der Waals surface area (Å²) in [5.74, 6) is 0.437. The highest BCUT2D eigenvalue weighted by atomic mass is 16.8. The first-order chi connectivity index (χ1) is 10.5. The molecule has 0 amide bonds. The van der Waals surface area contributed by atoms with Crippen LogP contribution in [0.3, 0.4) is 0 Å². The lowest BCUT2D eigenvalue weighted by Gasteiger charge is -2.33. The van der Waals surface area contributed by atoms with Gasteiger partial charge in [0, 0.05) is 0 Å². The molecule has 0 aromatic heterocycles. The van der Waals surface area contributed by atoms with Gasteiger partial charge in [-0.15, -0.1) is 0 Å². The van der Waals surface area contributed by atoms with Gasteiger partial charge in [-0.05, 0) is 43.7 Å². The Morgan fingerprint density at radius 3 is 2.59 bits per heavy atom. The van der Waals surface area contributed by atoms with Crippen molar-refractivity contribution < 1.29 is 28.5 Å². The summed E-state index contributed by atoms with van der Waals surface area (Å²) in [5, 5.41) is 0. The highest BCUT2D eigenvalue weighted by molar-refractivity contribution is 5.98. The van der Waals surface area contributed by atoms with Crippen molar-refractivity contribution in [3.8, 4) is 5.75 Å². The third kappa shape index (κ3) is 3.28. The largest absolute Gasteiger partial charge is 0.510 e. The molecule has 0 saturated carbocycles. The molecule has 0 fully saturated rings. The maximum atomic E-state index is 12.2. The lowest BCUT2D eigenvalue weighted by Crippen LogP contribution is -2.42. The molecular weight excluding hydrogens is 288 g/mol. The van der Waals surface area contributed by atoms with Gasteiger partial charge in [-0.3, -0.25) is 4.79 Å². The minimum atomic E-state index is -1.24. The molecule has 22 heavy (non-hydrogen) atoms. The van der Waals surface area contributed by atoms with Crippen LogP contribution < -0.4 is 4.74 Å². The highest BCUT2D eigenvalue weighted by Crippen LogP contribution is 2.33. The van der Waals surface area contributed by atoms with Crippen LogP contribution in [0.1, 0.15) is 19.4 Å². The minimum Gasteiger partial charge on any atom is -0.497 e. The number of ether oxygens (including phenoxy) is 4. The number of carbonyl (C=O) groups excluding carboxylic acids is 2. The second-order valence-corrected chi connectivity index (χ2v) is 4.77. The third-order valence-electron chi connectivity index (χ3n) is 3.34. The second kappa shape index (κ2) is 6.62. The summed E-state index contributed by atoms with van der Waals surface area (Å²) < 4.78 is 20.4.